The Kier molecular flexibility index (Phi) is 8.64. The van der Waals surface area contributed by atoms with Crippen molar-refractivity contribution in [3.63, 3.8) is 0 Å². The van der Waals surface area contributed by atoms with Gasteiger partial charge in [-0.05, 0) is 69.0 Å². The lowest BCUT2D eigenvalue weighted by atomic mass is 10.1. The zero-order valence-electron chi connectivity index (χ0n) is 17.1. The Labute approximate surface area is 178 Å². The summed E-state index contributed by atoms with van der Waals surface area (Å²) in [7, 11) is 0.364. The van der Waals surface area contributed by atoms with Gasteiger partial charge < -0.3 is 10.2 Å². The van der Waals surface area contributed by atoms with E-state index in [1.165, 1.54) is 16.4 Å². The average molecular weight is 438 g/mol. The summed E-state index contributed by atoms with van der Waals surface area (Å²) >= 11 is 5.86. The van der Waals surface area contributed by atoms with Gasteiger partial charge in [0, 0.05) is 30.2 Å². The molecule has 0 aliphatic carbocycles. The van der Waals surface area contributed by atoms with Crippen LogP contribution in [-0.2, 0) is 16.6 Å². The Hall–Kier alpha value is -1.93. The van der Waals surface area contributed by atoms with Crippen LogP contribution in [-0.4, -0.2) is 57.3 Å². The third-order valence-corrected chi connectivity index (χ3v) is 6.63. The fourth-order valence-corrected chi connectivity index (χ4v) is 4.35. The van der Waals surface area contributed by atoms with E-state index >= 15 is 0 Å². The molecule has 1 N–H and O–H groups in total. The minimum absolute atomic E-state index is 0.128. The molecule has 0 aliphatic heterocycles. The third kappa shape index (κ3) is 6.82. The predicted octanol–water partition coefficient (Wildman–Crippen LogP) is 3.23. The van der Waals surface area contributed by atoms with Crippen molar-refractivity contribution < 1.29 is 13.2 Å². The van der Waals surface area contributed by atoms with E-state index in [1.807, 2.05) is 14.1 Å². The molecule has 158 valence electrons. The first-order valence-electron chi connectivity index (χ1n) is 9.51. The van der Waals surface area contributed by atoms with Gasteiger partial charge in [0.1, 0.15) is 0 Å². The normalized spacial score (nSPS) is 11.8. The molecule has 1 amide bonds. The van der Waals surface area contributed by atoms with Gasteiger partial charge >= 0.3 is 0 Å². The van der Waals surface area contributed by atoms with E-state index in [1.54, 1.807) is 43.3 Å². The van der Waals surface area contributed by atoms with Gasteiger partial charge in [0.15, 0.2) is 0 Å². The van der Waals surface area contributed by atoms with Gasteiger partial charge in [0.25, 0.3) is 5.91 Å². The van der Waals surface area contributed by atoms with E-state index in [4.69, 9.17) is 11.6 Å². The van der Waals surface area contributed by atoms with Crippen LogP contribution in [0.2, 0.25) is 5.02 Å². The van der Waals surface area contributed by atoms with Crippen molar-refractivity contribution in [2.75, 3.05) is 33.7 Å². The van der Waals surface area contributed by atoms with Crippen LogP contribution in [0.25, 0.3) is 0 Å². The number of amides is 1. The largest absolute Gasteiger partial charge is 0.352 e. The number of carbonyl (C=O) groups excluding carboxylic acids is 1. The van der Waals surface area contributed by atoms with Crippen molar-refractivity contribution in [1.29, 1.82) is 0 Å². The van der Waals surface area contributed by atoms with Crippen molar-refractivity contribution in [1.82, 2.24) is 14.5 Å². The van der Waals surface area contributed by atoms with Crippen molar-refractivity contribution in [3.8, 4) is 0 Å². The van der Waals surface area contributed by atoms with Gasteiger partial charge in [-0.2, -0.15) is 4.31 Å². The monoisotopic (exact) mass is 437 g/mol. The quantitative estimate of drug-likeness (QED) is 0.579. The molecule has 0 aromatic heterocycles. The number of halogens is 1. The molecule has 8 heteroatoms. The van der Waals surface area contributed by atoms with Crippen LogP contribution in [0.1, 0.15) is 29.3 Å². The maximum atomic E-state index is 12.9. The topological polar surface area (TPSA) is 69.7 Å². The minimum Gasteiger partial charge on any atom is -0.352 e. The maximum absolute atomic E-state index is 12.9. The summed E-state index contributed by atoms with van der Waals surface area (Å²) in [5.41, 5.74) is 1.37. The second-order valence-corrected chi connectivity index (χ2v) is 9.37. The number of nitrogens with one attached hydrogen (secondary N) is 1. The molecule has 0 saturated carbocycles. The van der Waals surface area contributed by atoms with E-state index < -0.39 is 10.0 Å². The maximum Gasteiger partial charge on any atom is 0.251 e. The van der Waals surface area contributed by atoms with Crippen LogP contribution in [0.3, 0.4) is 0 Å². The predicted molar refractivity (Wildman–Crippen MR) is 117 cm³/mol. The lowest BCUT2D eigenvalue weighted by Gasteiger charge is -2.21. The lowest BCUT2D eigenvalue weighted by Crippen LogP contribution is -2.30. The first kappa shape index (κ1) is 23.3. The molecular formula is C21H28ClN3O3S. The summed E-state index contributed by atoms with van der Waals surface area (Å²) in [5.74, 6) is -0.128. The summed E-state index contributed by atoms with van der Waals surface area (Å²) in [6, 6.07) is 13.2. The Morgan fingerprint density at radius 1 is 1.03 bits per heavy atom. The van der Waals surface area contributed by atoms with E-state index in [0.29, 0.717) is 23.7 Å². The Balaban J connectivity index is 2.01. The summed E-state index contributed by atoms with van der Waals surface area (Å²) < 4.78 is 27.1. The zero-order chi connectivity index (χ0) is 21.4. The van der Waals surface area contributed by atoms with Gasteiger partial charge in [-0.3, -0.25) is 4.79 Å². The minimum atomic E-state index is -3.62. The van der Waals surface area contributed by atoms with Crippen molar-refractivity contribution in [2.24, 2.45) is 0 Å². The molecule has 0 unspecified atom stereocenters. The fourth-order valence-electron chi connectivity index (χ4n) is 2.79. The van der Waals surface area contributed by atoms with Crippen LogP contribution in [0.4, 0.5) is 0 Å². The van der Waals surface area contributed by atoms with Crippen LogP contribution in [0, 0.1) is 0 Å². The molecule has 0 radical (unpaired) electrons. The molecule has 2 aromatic carbocycles. The number of hydrogen-bond donors (Lipinski definition) is 1. The highest BCUT2D eigenvalue weighted by atomic mass is 35.5. The number of nitrogens with zero attached hydrogens (tertiary/aromatic N) is 2. The number of carbonyl (C=O) groups is 1. The summed E-state index contributed by atoms with van der Waals surface area (Å²) in [5, 5.41) is 3.38. The lowest BCUT2D eigenvalue weighted by molar-refractivity contribution is 0.0952. The van der Waals surface area contributed by atoms with Gasteiger partial charge in [0.2, 0.25) is 10.0 Å². The van der Waals surface area contributed by atoms with Crippen molar-refractivity contribution >= 4 is 27.5 Å². The summed E-state index contributed by atoms with van der Waals surface area (Å²) in [4.78, 5) is 14.5. The van der Waals surface area contributed by atoms with Gasteiger partial charge in [-0.1, -0.05) is 30.7 Å². The Morgan fingerprint density at radius 2 is 1.66 bits per heavy atom. The molecule has 0 bridgehead atoms. The first-order chi connectivity index (χ1) is 13.7. The second-order valence-electron chi connectivity index (χ2n) is 6.99. The number of benzene rings is 2. The standard InChI is InChI=1S/C21H28ClN3O3S/c1-4-25(29(27,28)20-12-10-19(22)11-13-20)16-17-6-8-18(9-7-17)21(26)23-14-5-15-24(2)3/h6-13H,4-5,14-16H2,1-3H3,(H,23,26). The molecule has 0 atom stereocenters. The van der Waals surface area contributed by atoms with E-state index in [9.17, 15) is 13.2 Å². The van der Waals surface area contributed by atoms with Crippen LogP contribution in [0.5, 0.6) is 0 Å². The molecule has 0 spiro atoms. The third-order valence-electron chi connectivity index (χ3n) is 4.45. The smallest absolute Gasteiger partial charge is 0.251 e. The SMILES string of the molecule is CCN(Cc1ccc(C(=O)NCCCN(C)C)cc1)S(=O)(=O)c1ccc(Cl)cc1. The molecule has 0 fully saturated rings. The van der Waals surface area contributed by atoms with Crippen LogP contribution in [0.15, 0.2) is 53.4 Å². The fraction of sp³-hybridized carbons (Fsp3) is 0.381. The molecule has 29 heavy (non-hydrogen) atoms. The summed E-state index contributed by atoms with van der Waals surface area (Å²) in [6.45, 7) is 3.88. The number of hydrogen-bond acceptors (Lipinski definition) is 4. The molecule has 6 nitrogen and oxygen atoms in total. The molecule has 0 saturated heterocycles. The van der Waals surface area contributed by atoms with Crippen LogP contribution < -0.4 is 5.32 Å². The van der Waals surface area contributed by atoms with E-state index in [2.05, 4.69) is 10.2 Å². The second kappa shape index (κ2) is 10.7. The number of rotatable bonds is 10. The van der Waals surface area contributed by atoms with E-state index in [0.717, 1.165) is 18.5 Å². The van der Waals surface area contributed by atoms with Crippen molar-refractivity contribution in [3.05, 3.63) is 64.7 Å². The Morgan fingerprint density at radius 3 is 2.21 bits per heavy atom. The molecule has 0 aliphatic rings. The average Bonchev–Trinajstić information content (AvgIpc) is 2.69. The Bertz CT molecular complexity index is 898. The molecular weight excluding hydrogens is 410 g/mol. The zero-order valence-corrected chi connectivity index (χ0v) is 18.6. The highest BCUT2D eigenvalue weighted by Crippen LogP contribution is 2.20. The molecule has 2 rings (SSSR count). The number of sulfonamides is 1. The highest BCUT2D eigenvalue weighted by Gasteiger charge is 2.23. The highest BCUT2D eigenvalue weighted by molar-refractivity contribution is 7.89. The van der Waals surface area contributed by atoms with Crippen molar-refractivity contribution in [2.45, 2.75) is 24.8 Å². The van der Waals surface area contributed by atoms with Gasteiger partial charge in [-0.15, -0.1) is 0 Å². The van der Waals surface area contributed by atoms with Crippen LogP contribution >= 0.6 is 11.6 Å². The first-order valence-corrected chi connectivity index (χ1v) is 11.3. The molecule has 2 aromatic rings. The van der Waals surface area contributed by atoms with Gasteiger partial charge in [-0.25, -0.2) is 8.42 Å². The summed E-state index contributed by atoms with van der Waals surface area (Å²) in [6.07, 6.45) is 0.880. The molecule has 0 heterocycles. The van der Waals surface area contributed by atoms with Gasteiger partial charge in [0.05, 0.1) is 4.90 Å². The van der Waals surface area contributed by atoms with E-state index in [-0.39, 0.29) is 17.3 Å².